The first-order chi connectivity index (χ1) is 11.1. The molecule has 0 aromatic heterocycles. The number of thioether (sulfide) groups is 1. The summed E-state index contributed by atoms with van der Waals surface area (Å²) in [5.41, 5.74) is 0.854. The van der Waals surface area contributed by atoms with Gasteiger partial charge in [0.25, 0.3) is 0 Å². The number of carboxylic acids is 1. The molecule has 1 saturated heterocycles. The van der Waals surface area contributed by atoms with Crippen LogP contribution in [0.4, 0.5) is 4.79 Å². The lowest BCUT2D eigenvalue weighted by atomic mass is 10.2. The van der Waals surface area contributed by atoms with Crippen molar-refractivity contribution in [1.82, 2.24) is 5.32 Å². The maximum atomic E-state index is 11.7. The van der Waals surface area contributed by atoms with Crippen molar-refractivity contribution in [2.24, 2.45) is 0 Å². The molecule has 2 unspecified atom stereocenters. The van der Waals surface area contributed by atoms with Crippen molar-refractivity contribution in [1.29, 1.82) is 0 Å². The molecule has 6 nitrogen and oxygen atoms in total. The van der Waals surface area contributed by atoms with Crippen molar-refractivity contribution < 1.29 is 24.2 Å². The predicted molar refractivity (Wildman–Crippen MR) is 87.2 cm³/mol. The largest absolute Gasteiger partial charge is 0.480 e. The number of rotatable bonds is 7. The Kier molecular flexibility index (Phi) is 7.22. The summed E-state index contributed by atoms with van der Waals surface area (Å²) in [6, 6.07) is 8.23. The van der Waals surface area contributed by atoms with Gasteiger partial charge in [0.15, 0.2) is 0 Å². The molecule has 0 radical (unpaired) electrons. The Bertz CT molecular complexity index is 504. The van der Waals surface area contributed by atoms with E-state index in [1.54, 1.807) is 0 Å². The molecule has 1 amide bonds. The Morgan fingerprint density at radius 3 is 2.78 bits per heavy atom. The second-order valence-electron chi connectivity index (χ2n) is 5.23. The van der Waals surface area contributed by atoms with Gasteiger partial charge < -0.3 is 19.9 Å². The smallest absolute Gasteiger partial charge is 0.408 e. The molecule has 1 aromatic rings. The summed E-state index contributed by atoms with van der Waals surface area (Å²) in [5, 5.41) is 11.6. The Hall–Kier alpha value is -1.73. The summed E-state index contributed by atoms with van der Waals surface area (Å²) in [6.45, 7) is 0.819. The lowest BCUT2D eigenvalue weighted by molar-refractivity contribution is -0.138. The molecule has 1 heterocycles. The van der Waals surface area contributed by atoms with Crippen LogP contribution in [0, 0.1) is 0 Å². The Morgan fingerprint density at radius 2 is 2.13 bits per heavy atom. The average Bonchev–Trinajstić information content (AvgIpc) is 2.58. The fraction of sp³-hybridized carbons (Fsp3) is 0.500. The highest BCUT2D eigenvalue weighted by atomic mass is 32.2. The van der Waals surface area contributed by atoms with E-state index >= 15 is 0 Å². The Balaban J connectivity index is 1.74. The van der Waals surface area contributed by atoms with E-state index in [1.165, 1.54) is 11.8 Å². The number of carbonyl (C=O) groups excluding carboxylic acids is 1. The van der Waals surface area contributed by atoms with Gasteiger partial charge in [0.2, 0.25) is 0 Å². The van der Waals surface area contributed by atoms with E-state index in [-0.39, 0.29) is 17.8 Å². The third kappa shape index (κ3) is 6.50. The molecule has 2 rings (SSSR count). The average molecular weight is 339 g/mol. The number of amides is 1. The summed E-state index contributed by atoms with van der Waals surface area (Å²) < 4.78 is 10.6. The van der Waals surface area contributed by atoms with Gasteiger partial charge in [0.1, 0.15) is 18.1 Å². The second kappa shape index (κ2) is 9.42. The minimum absolute atomic E-state index is 0.00717. The van der Waals surface area contributed by atoms with Gasteiger partial charge in [-0.2, -0.15) is 0 Å². The third-order valence-corrected chi connectivity index (χ3v) is 4.66. The molecule has 1 aromatic carbocycles. The molecule has 23 heavy (non-hydrogen) atoms. The van der Waals surface area contributed by atoms with E-state index in [0.717, 1.165) is 24.8 Å². The van der Waals surface area contributed by atoms with Crippen molar-refractivity contribution in [3.8, 4) is 0 Å². The van der Waals surface area contributed by atoms with Gasteiger partial charge in [-0.05, 0) is 24.8 Å². The molecule has 1 aliphatic heterocycles. The van der Waals surface area contributed by atoms with Gasteiger partial charge in [-0.15, -0.1) is 11.8 Å². The van der Waals surface area contributed by atoms with Crippen molar-refractivity contribution in [2.75, 3.05) is 12.4 Å². The lowest BCUT2D eigenvalue weighted by Gasteiger charge is -2.23. The van der Waals surface area contributed by atoms with Crippen molar-refractivity contribution in [3.63, 3.8) is 0 Å². The first-order valence-electron chi connectivity index (χ1n) is 7.58. The van der Waals surface area contributed by atoms with Gasteiger partial charge in [-0.25, -0.2) is 9.59 Å². The third-order valence-electron chi connectivity index (χ3n) is 3.39. The van der Waals surface area contributed by atoms with Crippen LogP contribution in [-0.4, -0.2) is 41.0 Å². The quantitative estimate of drug-likeness (QED) is 0.794. The maximum Gasteiger partial charge on any atom is 0.408 e. The van der Waals surface area contributed by atoms with Crippen LogP contribution in [0.15, 0.2) is 30.3 Å². The molecular formula is C16H21NO5S. The second-order valence-corrected chi connectivity index (χ2v) is 6.42. The number of carboxylic acid groups (broad SMARTS) is 1. The van der Waals surface area contributed by atoms with Gasteiger partial charge in [-0.1, -0.05) is 30.3 Å². The van der Waals surface area contributed by atoms with Crippen molar-refractivity contribution in [3.05, 3.63) is 35.9 Å². The van der Waals surface area contributed by atoms with Crippen LogP contribution in [-0.2, 0) is 20.9 Å². The topological polar surface area (TPSA) is 84.9 Å². The first-order valence-corrected chi connectivity index (χ1v) is 8.63. The van der Waals surface area contributed by atoms with Crippen LogP contribution in [0.1, 0.15) is 24.8 Å². The van der Waals surface area contributed by atoms with Crippen LogP contribution in [0.3, 0.4) is 0 Å². The SMILES string of the molecule is O=C(NC(CSC1CCCCO1)C(=O)O)OCc1ccccc1. The molecule has 126 valence electrons. The standard InChI is InChI=1S/C16H21NO5S/c18-15(19)13(11-23-14-8-4-5-9-21-14)17-16(20)22-10-12-6-2-1-3-7-12/h1-3,6-7,13-14H,4-5,8-11H2,(H,17,20)(H,18,19). The zero-order valence-electron chi connectivity index (χ0n) is 12.8. The van der Waals surface area contributed by atoms with E-state index in [0.29, 0.717) is 6.61 Å². The molecule has 0 bridgehead atoms. The number of hydrogen-bond acceptors (Lipinski definition) is 5. The monoisotopic (exact) mass is 339 g/mol. The Morgan fingerprint density at radius 1 is 1.35 bits per heavy atom. The highest BCUT2D eigenvalue weighted by Gasteiger charge is 2.23. The predicted octanol–water partition coefficient (Wildman–Crippen LogP) is 2.63. The Labute approximate surface area is 139 Å². The summed E-state index contributed by atoms with van der Waals surface area (Å²) in [6.07, 6.45) is 2.31. The fourth-order valence-electron chi connectivity index (χ4n) is 2.13. The zero-order valence-corrected chi connectivity index (χ0v) is 13.6. The van der Waals surface area contributed by atoms with Gasteiger partial charge in [0, 0.05) is 12.4 Å². The zero-order chi connectivity index (χ0) is 16.5. The molecule has 2 N–H and O–H groups in total. The van der Waals surface area contributed by atoms with Gasteiger partial charge in [0.05, 0.1) is 0 Å². The van der Waals surface area contributed by atoms with Crippen molar-refractivity contribution >= 4 is 23.8 Å². The number of carbonyl (C=O) groups is 2. The summed E-state index contributed by atoms with van der Waals surface area (Å²) >= 11 is 1.42. The first kappa shape index (κ1) is 17.6. The van der Waals surface area contributed by atoms with E-state index < -0.39 is 18.1 Å². The molecule has 0 spiro atoms. The number of hydrogen-bond donors (Lipinski definition) is 2. The fourth-order valence-corrected chi connectivity index (χ4v) is 3.29. The van der Waals surface area contributed by atoms with Crippen LogP contribution in [0.5, 0.6) is 0 Å². The lowest BCUT2D eigenvalue weighted by Crippen LogP contribution is -2.43. The highest BCUT2D eigenvalue weighted by Crippen LogP contribution is 2.23. The maximum absolute atomic E-state index is 11.7. The number of benzene rings is 1. The molecule has 0 saturated carbocycles. The molecule has 7 heteroatoms. The minimum atomic E-state index is -1.08. The van der Waals surface area contributed by atoms with E-state index in [4.69, 9.17) is 9.47 Å². The number of aliphatic carboxylic acids is 1. The highest BCUT2D eigenvalue weighted by molar-refractivity contribution is 7.99. The van der Waals surface area contributed by atoms with Crippen molar-refractivity contribution in [2.45, 2.75) is 37.3 Å². The van der Waals surface area contributed by atoms with E-state index in [9.17, 15) is 14.7 Å². The van der Waals surface area contributed by atoms with Crippen LogP contribution >= 0.6 is 11.8 Å². The normalized spacial score (nSPS) is 18.9. The number of nitrogens with one attached hydrogen (secondary N) is 1. The summed E-state index contributed by atoms with van der Waals surface area (Å²) in [4.78, 5) is 23.0. The van der Waals surface area contributed by atoms with E-state index in [2.05, 4.69) is 5.32 Å². The minimum Gasteiger partial charge on any atom is -0.480 e. The molecule has 0 aliphatic carbocycles. The summed E-state index contributed by atoms with van der Waals surface area (Å²) in [5.74, 6) is -0.828. The number of alkyl carbamates (subject to hydrolysis) is 1. The molecule has 1 aliphatic rings. The molecule has 2 atom stereocenters. The number of ether oxygens (including phenoxy) is 2. The van der Waals surface area contributed by atoms with Gasteiger partial charge >= 0.3 is 12.1 Å². The van der Waals surface area contributed by atoms with Crippen LogP contribution in [0.25, 0.3) is 0 Å². The molecule has 1 fully saturated rings. The summed E-state index contributed by atoms with van der Waals surface area (Å²) in [7, 11) is 0. The van der Waals surface area contributed by atoms with Crippen LogP contribution in [0.2, 0.25) is 0 Å². The van der Waals surface area contributed by atoms with Gasteiger partial charge in [-0.3, -0.25) is 0 Å². The van der Waals surface area contributed by atoms with Crippen LogP contribution < -0.4 is 5.32 Å². The van der Waals surface area contributed by atoms with E-state index in [1.807, 2.05) is 30.3 Å². The molecular weight excluding hydrogens is 318 g/mol.